The summed E-state index contributed by atoms with van der Waals surface area (Å²) in [4.78, 5) is 0.125. The lowest BCUT2D eigenvalue weighted by Gasteiger charge is -2.13. The van der Waals surface area contributed by atoms with E-state index in [-0.39, 0.29) is 10.9 Å². The minimum atomic E-state index is -3.53. The van der Waals surface area contributed by atoms with Crippen LogP contribution in [0.25, 0.3) is 0 Å². The zero-order chi connectivity index (χ0) is 13.3. The maximum atomic E-state index is 12.2. The van der Waals surface area contributed by atoms with Crippen LogP contribution in [0.15, 0.2) is 23.1 Å². The van der Waals surface area contributed by atoms with Gasteiger partial charge >= 0.3 is 0 Å². The first-order valence-corrected chi connectivity index (χ1v) is 8.09. The van der Waals surface area contributed by atoms with Crippen LogP contribution in [-0.4, -0.2) is 14.5 Å². The highest BCUT2D eigenvalue weighted by Crippen LogP contribution is 2.27. The molecule has 1 N–H and O–H groups in total. The maximum Gasteiger partial charge on any atom is 0.240 e. The third-order valence-corrected chi connectivity index (χ3v) is 5.10. The summed E-state index contributed by atoms with van der Waals surface area (Å²) < 4.78 is 27.1. The quantitative estimate of drug-likeness (QED) is 0.929. The molecular weight excluding hydrogens is 293 g/mol. The van der Waals surface area contributed by atoms with Gasteiger partial charge in [-0.15, -0.1) is 0 Å². The Morgan fingerprint density at radius 2 is 1.78 bits per heavy atom. The standard InChI is InChI=1S/C12H15Cl2NO2S/c1-8-2-3-11(4-8)15-18(16,17)12-6-9(13)5-10(14)7-12/h5-8,11,15H,2-4H2,1H3. The molecule has 0 radical (unpaired) electrons. The van der Waals surface area contributed by atoms with Crippen molar-refractivity contribution in [2.75, 3.05) is 0 Å². The molecule has 1 fully saturated rings. The van der Waals surface area contributed by atoms with Crippen LogP contribution in [0.4, 0.5) is 0 Å². The van der Waals surface area contributed by atoms with Gasteiger partial charge in [-0.2, -0.15) is 0 Å². The average Bonchev–Trinajstić information content (AvgIpc) is 2.61. The molecule has 3 nitrogen and oxygen atoms in total. The van der Waals surface area contributed by atoms with Crippen molar-refractivity contribution in [3.8, 4) is 0 Å². The van der Waals surface area contributed by atoms with E-state index in [0.717, 1.165) is 19.3 Å². The topological polar surface area (TPSA) is 46.2 Å². The minimum absolute atomic E-state index is 0.0164. The molecule has 2 atom stereocenters. The van der Waals surface area contributed by atoms with E-state index < -0.39 is 10.0 Å². The van der Waals surface area contributed by atoms with Crippen molar-refractivity contribution in [3.63, 3.8) is 0 Å². The third kappa shape index (κ3) is 3.38. The molecule has 2 unspecified atom stereocenters. The van der Waals surface area contributed by atoms with Gasteiger partial charge in [-0.25, -0.2) is 13.1 Å². The number of halogens is 2. The van der Waals surface area contributed by atoms with E-state index in [1.54, 1.807) is 0 Å². The van der Waals surface area contributed by atoms with E-state index in [9.17, 15) is 8.42 Å². The molecular formula is C12H15Cl2NO2S. The first-order chi connectivity index (χ1) is 8.37. The van der Waals surface area contributed by atoms with E-state index in [1.807, 2.05) is 0 Å². The van der Waals surface area contributed by atoms with Crippen LogP contribution in [0, 0.1) is 5.92 Å². The van der Waals surface area contributed by atoms with Crippen molar-refractivity contribution in [2.45, 2.75) is 37.1 Å². The summed E-state index contributed by atoms with van der Waals surface area (Å²) in [7, 11) is -3.53. The normalized spacial score (nSPS) is 24.4. The first kappa shape index (κ1) is 14.1. The number of sulfonamides is 1. The predicted octanol–water partition coefficient (Wildman–Crippen LogP) is 3.46. The number of nitrogens with one attached hydrogen (secondary N) is 1. The molecule has 0 spiro atoms. The van der Waals surface area contributed by atoms with Gasteiger partial charge in [0, 0.05) is 16.1 Å². The second-order valence-electron chi connectivity index (χ2n) is 4.84. The zero-order valence-corrected chi connectivity index (χ0v) is 12.3. The summed E-state index contributed by atoms with van der Waals surface area (Å²) >= 11 is 11.6. The molecule has 2 rings (SSSR count). The van der Waals surface area contributed by atoms with Gasteiger partial charge in [0.25, 0.3) is 0 Å². The highest BCUT2D eigenvalue weighted by Gasteiger charge is 2.26. The Bertz CT molecular complexity index is 525. The molecule has 0 bridgehead atoms. The zero-order valence-electron chi connectivity index (χ0n) is 9.99. The van der Waals surface area contributed by atoms with Crippen LogP contribution < -0.4 is 4.72 Å². The molecule has 1 aromatic carbocycles. The Hall–Kier alpha value is -0.290. The van der Waals surface area contributed by atoms with Gasteiger partial charge in [0.15, 0.2) is 0 Å². The maximum absolute atomic E-state index is 12.2. The molecule has 0 aliphatic heterocycles. The van der Waals surface area contributed by atoms with Crippen molar-refractivity contribution in [1.29, 1.82) is 0 Å². The molecule has 0 amide bonds. The second-order valence-corrected chi connectivity index (χ2v) is 7.43. The number of rotatable bonds is 3. The summed E-state index contributed by atoms with van der Waals surface area (Å²) in [5.74, 6) is 0.570. The lowest BCUT2D eigenvalue weighted by atomic mass is 10.1. The summed E-state index contributed by atoms with van der Waals surface area (Å²) in [6.45, 7) is 2.13. The third-order valence-electron chi connectivity index (χ3n) is 3.16. The van der Waals surface area contributed by atoms with Gasteiger partial charge < -0.3 is 0 Å². The molecule has 1 aliphatic rings. The number of hydrogen-bond acceptors (Lipinski definition) is 2. The predicted molar refractivity (Wildman–Crippen MR) is 73.6 cm³/mol. The van der Waals surface area contributed by atoms with E-state index >= 15 is 0 Å². The van der Waals surface area contributed by atoms with Gasteiger partial charge in [0.05, 0.1) is 4.90 Å². The summed E-state index contributed by atoms with van der Waals surface area (Å²) in [6, 6.07) is 4.35. The van der Waals surface area contributed by atoms with Crippen molar-refractivity contribution in [1.82, 2.24) is 4.72 Å². The van der Waals surface area contributed by atoms with Gasteiger partial charge in [-0.3, -0.25) is 0 Å². The summed E-state index contributed by atoms with van der Waals surface area (Å²) in [5.41, 5.74) is 0. The Kier molecular flexibility index (Phi) is 4.22. The monoisotopic (exact) mass is 307 g/mol. The largest absolute Gasteiger partial charge is 0.240 e. The van der Waals surface area contributed by atoms with Crippen molar-refractivity contribution >= 4 is 33.2 Å². The van der Waals surface area contributed by atoms with Gasteiger partial charge in [0.1, 0.15) is 0 Å². The Labute approximate surface area is 118 Å². The average molecular weight is 308 g/mol. The fourth-order valence-corrected chi connectivity index (χ4v) is 4.29. The molecule has 6 heteroatoms. The molecule has 1 aliphatic carbocycles. The first-order valence-electron chi connectivity index (χ1n) is 5.85. The van der Waals surface area contributed by atoms with Crippen molar-refractivity contribution in [2.24, 2.45) is 5.92 Å². The Morgan fingerprint density at radius 1 is 1.17 bits per heavy atom. The summed E-state index contributed by atoms with van der Waals surface area (Å²) in [6.07, 6.45) is 2.83. The van der Waals surface area contributed by atoms with Gasteiger partial charge in [0.2, 0.25) is 10.0 Å². The number of benzene rings is 1. The smallest absolute Gasteiger partial charge is 0.208 e. The van der Waals surface area contributed by atoms with Crippen LogP contribution in [0.1, 0.15) is 26.2 Å². The molecule has 18 heavy (non-hydrogen) atoms. The molecule has 0 saturated heterocycles. The fraction of sp³-hybridized carbons (Fsp3) is 0.500. The second kappa shape index (κ2) is 5.37. The molecule has 0 aromatic heterocycles. The van der Waals surface area contributed by atoms with Gasteiger partial charge in [-0.1, -0.05) is 30.1 Å². The molecule has 0 heterocycles. The van der Waals surface area contributed by atoms with Crippen LogP contribution in [0.5, 0.6) is 0 Å². The highest BCUT2D eigenvalue weighted by molar-refractivity contribution is 7.89. The SMILES string of the molecule is CC1CCC(NS(=O)(=O)c2cc(Cl)cc(Cl)c2)C1. The lowest BCUT2D eigenvalue weighted by Crippen LogP contribution is -2.32. The van der Waals surface area contributed by atoms with E-state index in [1.165, 1.54) is 18.2 Å². The summed E-state index contributed by atoms with van der Waals surface area (Å²) in [5, 5.41) is 0.644. The lowest BCUT2D eigenvalue weighted by molar-refractivity contribution is 0.538. The van der Waals surface area contributed by atoms with Crippen LogP contribution in [-0.2, 0) is 10.0 Å². The van der Waals surface area contributed by atoms with Crippen LogP contribution in [0.2, 0.25) is 10.0 Å². The highest BCUT2D eigenvalue weighted by atomic mass is 35.5. The van der Waals surface area contributed by atoms with Crippen LogP contribution >= 0.6 is 23.2 Å². The van der Waals surface area contributed by atoms with Crippen molar-refractivity contribution < 1.29 is 8.42 Å². The minimum Gasteiger partial charge on any atom is -0.208 e. The molecule has 1 aromatic rings. The van der Waals surface area contributed by atoms with E-state index in [0.29, 0.717) is 16.0 Å². The van der Waals surface area contributed by atoms with Crippen molar-refractivity contribution in [3.05, 3.63) is 28.2 Å². The van der Waals surface area contributed by atoms with Crippen LogP contribution in [0.3, 0.4) is 0 Å². The fourth-order valence-electron chi connectivity index (χ4n) is 2.29. The Balaban J connectivity index is 2.20. The molecule has 100 valence electrons. The van der Waals surface area contributed by atoms with Gasteiger partial charge in [-0.05, 0) is 43.4 Å². The Morgan fingerprint density at radius 3 is 2.28 bits per heavy atom. The number of hydrogen-bond donors (Lipinski definition) is 1. The van der Waals surface area contributed by atoms with E-state index in [4.69, 9.17) is 23.2 Å². The molecule has 1 saturated carbocycles. The van der Waals surface area contributed by atoms with E-state index in [2.05, 4.69) is 11.6 Å².